The summed E-state index contributed by atoms with van der Waals surface area (Å²) in [5.41, 5.74) is 2.40. The Morgan fingerprint density at radius 3 is 2.35 bits per heavy atom. The van der Waals surface area contributed by atoms with Crippen molar-refractivity contribution in [2.24, 2.45) is 0 Å². The molecule has 2 aromatic rings. The van der Waals surface area contributed by atoms with Gasteiger partial charge in [-0.3, -0.25) is 10.0 Å². The molecule has 5 N–H and O–H groups in total. The topological polar surface area (TPSA) is 137 Å². The maximum atomic E-state index is 12.5. The Kier molecular flexibility index (Phi) is 9.25. The zero-order chi connectivity index (χ0) is 22.9. The number of sulfonamides is 1. The Bertz CT molecular complexity index is 988. The quantitative estimate of drug-likeness (QED) is 0.207. The SMILES string of the molecule is C[C@@H](NC(=O)NCCC[C@@H](NS(=O)(=O)c1ccccc1Cl)C(=O)NO)c1ccccc1. The van der Waals surface area contributed by atoms with Crippen molar-refractivity contribution in [1.29, 1.82) is 0 Å². The predicted molar refractivity (Wildman–Crippen MR) is 116 cm³/mol. The van der Waals surface area contributed by atoms with Crippen LogP contribution in [0.25, 0.3) is 0 Å². The van der Waals surface area contributed by atoms with Gasteiger partial charge >= 0.3 is 6.03 Å². The number of benzene rings is 2. The lowest BCUT2D eigenvalue weighted by Gasteiger charge is -2.18. The van der Waals surface area contributed by atoms with Gasteiger partial charge in [-0.15, -0.1) is 0 Å². The smallest absolute Gasteiger partial charge is 0.315 e. The van der Waals surface area contributed by atoms with Crippen LogP contribution in [0.4, 0.5) is 4.79 Å². The van der Waals surface area contributed by atoms with Crippen LogP contribution in [0.5, 0.6) is 0 Å². The van der Waals surface area contributed by atoms with E-state index >= 15 is 0 Å². The first-order valence-corrected chi connectivity index (χ1v) is 11.4. The minimum absolute atomic E-state index is 0.00373. The van der Waals surface area contributed by atoms with Crippen molar-refractivity contribution in [2.45, 2.75) is 36.7 Å². The molecule has 0 aliphatic carbocycles. The molecule has 0 radical (unpaired) electrons. The number of rotatable bonds is 10. The third-order valence-corrected chi connectivity index (χ3v) is 6.42. The molecule has 31 heavy (non-hydrogen) atoms. The highest BCUT2D eigenvalue weighted by Gasteiger charge is 2.26. The summed E-state index contributed by atoms with van der Waals surface area (Å²) in [7, 11) is -4.10. The van der Waals surface area contributed by atoms with Crippen LogP contribution in [-0.2, 0) is 14.8 Å². The van der Waals surface area contributed by atoms with E-state index in [-0.39, 0.29) is 35.3 Å². The summed E-state index contributed by atoms with van der Waals surface area (Å²) in [6.07, 6.45) is 0.306. The number of urea groups is 1. The molecule has 9 nitrogen and oxygen atoms in total. The molecule has 0 unspecified atom stereocenters. The van der Waals surface area contributed by atoms with E-state index in [1.807, 2.05) is 37.3 Å². The summed E-state index contributed by atoms with van der Waals surface area (Å²) in [6.45, 7) is 2.04. The van der Waals surface area contributed by atoms with Crippen molar-refractivity contribution in [3.05, 3.63) is 65.2 Å². The number of carbonyl (C=O) groups excluding carboxylic acids is 2. The van der Waals surface area contributed by atoms with Gasteiger partial charge in [0.1, 0.15) is 10.9 Å². The highest BCUT2D eigenvalue weighted by molar-refractivity contribution is 7.89. The Balaban J connectivity index is 1.87. The van der Waals surface area contributed by atoms with Gasteiger partial charge in [0.2, 0.25) is 10.0 Å². The zero-order valence-electron chi connectivity index (χ0n) is 16.8. The van der Waals surface area contributed by atoms with Gasteiger partial charge in [0, 0.05) is 6.54 Å². The van der Waals surface area contributed by atoms with Gasteiger partial charge in [-0.05, 0) is 37.5 Å². The van der Waals surface area contributed by atoms with Crippen molar-refractivity contribution in [2.75, 3.05) is 6.54 Å². The number of hydrogen-bond donors (Lipinski definition) is 5. The van der Waals surface area contributed by atoms with Crippen molar-refractivity contribution >= 4 is 33.6 Å². The van der Waals surface area contributed by atoms with E-state index < -0.39 is 28.0 Å². The van der Waals surface area contributed by atoms with Crippen molar-refractivity contribution in [3.63, 3.8) is 0 Å². The lowest BCUT2D eigenvalue weighted by molar-refractivity contribution is -0.131. The summed E-state index contributed by atoms with van der Waals surface area (Å²) in [4.78, 5) is 23.8. The second kappa shape index (κ2) is 11.7. The van der Waals surface area contributed by atoms with Crippen molar-refractivity contribution in [1.82, 2.24) is 20.8 Å². The monoisotopic (exact) mass is 468 g/mol. The van der Waals surface area contributed by atoms with Crippen LogP contribution in [0.15, 0.2) is 59.5 Å². The molecule has 0 saturated carbocycles. The molecule has 2 rings (SSSR count). The number of hydroxylamine groups is 1. The van der Waals surface area contributed by atoms with E-state index in [9.17, 15) is 18.0 Å². The molecule has 0 aliphatic rings. The third-order valence-electron chi connectivity index (χ3n) is 4.45. The van der Waals surface area contributed by atoms with Crippen LogP contribution in [0.3, 0.4) is 0 Å². The first-order chi connectivity index (χ1) is 14.7. The second-order valence-corrected chi connectivity index (χ2v) is 8.84. The molecule has 0 saturated heterocycles. The van der Waals surface area contributed by atoms with Gasteiger partial charge in [-0.25, -0.2) is 18.7 Å². The summed E-state index contributed by atoms with van der Waals surface area (Å²) in [5, 5.41) is 14.4. The fraction of sp³-hybridized carbons (Fsp3) is 0.300. The van der Waals surface area contributed by atoms with Gasteiger partial charge in [0.05, 0.1) is 11.1 Å². The van der Waals surface area contributed by atoms with Gasteiger partial charge in [0.15, 0.2) is 0 Å². The predicted octanol–water partition coefficient (Wildman–Crippen LogP) is 2.33. The fourth-order valence-electron chi connectivity index (χ4n) is 2.82. The molecule has 3 amide bonds. The average Bonchev–Trinajstić information content (AvgIpc) is 2.76. The van der Waals surface area contributed by atoms with Crippen LogP contribution >= 0.6 is 11.6 Å². The van der Waals surface area contributed by atoms with Gasteiger partial charge in [-0.2, -0.15) is 4.72 Å². The van der Waals surface area contributed by atoms with E-state index in [2.05, 4.69) is 15.4 Å². The lowest BCUT2D eigenvalue weighted by Crippen LogP contribution is -2.46. The van der Waals surface area contributed by atoms with Gasteiger partial charge in [0.25, 0.3) is 5.91 Å². The molecule has 0 spiro atoms. The normalized spacial score (nSPS) is 13.1. The molecule has 2 atom stereocenters. The number of carbonyl (C=O) groups is 2. The minimum atomic E-state index is -4.10. The Morgan fingerprint density at radius 2 is 1.71 bits per heavy atom. The maximum Gasteiger partial charge on any atom is 0.315 e. The third kappa shape index (κ3) is 7.51. The van der Waals surface area contributed by atoms with E-state index in [0.717, 1.165) is 5.56 Å². The van der Waals surface area contributed by atoms with Crippen LogP contribution in [0.2, 0.25) is 5.02 Å². The Morgan fingerprint density at radius 1 is 1.06 bits per heavy atom. The highest BCUT2D eigenvalue weighted by Crippen LogP contribution is 2.21. The molecular formula is C20H25ClN4O5S. The lowest BCUT2D eigenvalue weighted by atomic mass is 10.1. The molecule has 0 bridgehead atoms. The standard InChI is InChI=1S/C20H25ClN4O5S/c1-14(15-8-3-2-4-9-15)23-20(27)22-13-7-11-17(19(26)24-28)25-31(29,30)18-12-6-5-10-16(18)21/h2-6,8-10,12,14,17,25,28H,7,11,13H2,1H3,(H,24,26)(H2,22,23,27)/t14-,17-/m1/s1. The van der Waals surface area contributed by atoms with Gasteiger partial charge < -0.3 is 10.6 Å². The number of hydrogen-bond acceptors (Lipinski definition) is 5. The molecule has 0 heterocycles. The number of nitrogens with one attached hydrogen (secondary N) is 4. The maximum absolute atomic E-state index is 12.5. The molecular weight excluding hydrogens is 444 g/mol. The van der Waals surface area contributed by atoms with Crippen LogP contribution in [0, 0.1) is 0 Å². The Labute approximate surface area is 186 Å². The summed E-state index contributed by atoms with van der Waals surface area (Å²) in [5.74, 6) is -0.919. The molecule has 2 aromatic carbocycles. The molecule has 0 aromatic heterocycles. The van der Waals surface area contributed by atoms with Crippen LogP contribution < -0.4 is 20.8 Å². The summed E-state index contributed by atoms with van der Waals surface area (Å²) < 4.78 is 27.3. The van der Waals surface area contributed by atoms with Crippen LogP contribution in [0.1, 0.15) is 31.4 Å². The molecule has 168 valence electrons. The summed E-state index contributed by atoms with van der Waals surface area (Å²) >= 11 is 5.93. The fourth-order valence-corrected chi connectivity index (χ4v) is 4.57. The zero-order valence-corrected chi connectivity index (χ0v) is 18.4. The van der Waals surface area contributed by atoms with Crippen LogP contribution in [-0.4, -0.2) is 38.1 Å². The summed E-state index contributed by atoms with van der Waals surface area (Å²) in [6, 6.07) is 13.4. The van der Waals surface area contributed by atoms with E-state index in [0.29, 0.717) is 0 Å². The van der Waals surface area contributed by atoms with E-state index in [1.54, 1.807) is 6.07 Å². The average molecular weight is 469 g/mol. The largest absolute Gasteiger partial charge is 0.338 e. The molecule has 11 heteroatoms. The molecule has 0 aliphatic heterocycles. The highest BCUT2D eigenvalue weighted by atomic mass is 35.5. The second-order valence-electron chi connectivity index (χ2n) is 6.76. The minimum Gasteiger partial charge on any atom is -0.338 e. The van der Waals surface area contributed by atoms with Crippen molar-refractivity contribution in [3.8, 4) is 0 Å². The first kappa shape index (κ1) is 24.6. The van der Waals surface area contributed by atoms with E-state index in [1.165, 1.54) is 23.7 Å². The van der Waals surface area contributed by atoms with Gasteiger partial charge in [-0.1, -0.05) is 54.1 Å². The number of amides is 3. The molecule has 0 fully saturated rings. The Hall–Kier alpha value is -2.66. The van der Waals surface area contributed by atoms with Crippen molar-refractivity contribution < 1.29 is 23.2 Å². The number of halogens is 1. The first-order valence-electron chi connectivity index (χ1n) is 9.54. The van der Waals surface area contributed by atoms with E-state index in [4.69, 9.17) is 16.8 Å².